The summed E-state index contributed by atoms with van der Waals surface area (Å²) in [5.74, 6) is 0. The lowest BCUT2D eigenvalue weighted by molar-refractivity contribution is 0.785. The Hall–Kier alpha value is -2.40. The molecule has 0 aliphatic carbocycles. The van der Waals surface area contributed by atoms with E-state index in [2.05, 4.69) is 20.8 Å². The number of hydrogen-bond donors (Lipinski definition) is 1. The molecule has 0 fully saturated rings. The molecule has 1 aromatic heterocycles. The summed E-state index contributed by atoms with van der Waals surface area (Å²) in [6, 6.07) is 13.9. The van der Waals surface area contributed by atoms with E-state index < -0.39 is 0 Å². The third-order valence-electron chi connectivity index (χ3n) is 3.25. The van der Waals surface area contributed by atoms with E-state index >= 15 is 0 Å². The Labute approximate surface area is 127 Å². The van der Waals surface area contributed by atoms with Crippen LogP contribution in [-0.4, -0.2) is 20.2 Å². The van der Waals surface area contributed by atoms with Gasteiger partial charge in [-0.25, -0.2) is 4.68 Å². The van der Waals surface area contributed by atoms with Crippen LogP contribution in [0.15, 0.2) is 48.8 Å². The molecule has 0 spiro atoms. The minimum atomic E-state index is 0.664. The summed E-state index contributed by atoms with van der Waals surface area (Å²) < 4.78 is 1.65. The van der Waals surface area contributed by atoms with Gasteiger partial charge in [0.05, 0.1) is 5.69 Å². The number of nitrogens with zero attached hydrogens (tertiary/aromatic N) is 4. The summed E-state index contributed by atoms with van der Waals surface area (Å²) in [6.07, 6.45) is 1.58. The van der Waals surface area contributed by atoms with E-state index in [0.717, 1.165) is 27.5 Å². The van der Waals surface area contributed by atoms with Gasteiger partial charge in [-0.05, 0) is 46.7 Å². The first-order valence-electron chi connectivity index (χ1n) is 6.55. The molecule has 21 heavy (non-hydrogen) atoms. The average molecular weight is 300 g/mol. The molecule has 0 amide bonds. The second-order valence-corrected chi connectivity index (χ2v) is 5.11. The average Bonchev–Trinajstić information content (AvgIpc) is 3.02. The number of nitrogens with one attached hydrogen (secondary N) is 1. The maximum atomic E-state index is 6.16. The summed E-state index contributed by atoms with van der Waals surface area (Å²) in [4.78, 5) is 0. The van der Waals surface area contributed by atoms with E-state index in [9.17, 15) is 0 Å². The van der Waals surface area contributed by atoms with Gasteiger partial charge in [0.1, 0.15) is 6.33 Å². The van der Waals surface area contributed by atoms with Crippen molar-refractivity contribution in [2.24, 2.45) is 0 Å². The fourth-order valence-electron chi connectivity index (χ4n) is 2.08. The van der Waals surface area contributed by atoms with Crippen molar-refractivity contribution in [2.45, 2.75) is 13.5 Å². The van der Waals surface area contributed by atoms with Crippen LogP contribution >= 0.6 is 11.6 Å². The number of hydrogen-bond acceptors (Lipinski definition) is 4. The molecule has 0 aliphatic rings. The quantitative estimate of drug-likeness (QED) is 0.803. The van der Waals surface area contributed by atoms with Crippen molar-refractivity contribution in [3.05, 3.63) is 64.9 Å². The second-order valence-electron chi connectivity index (χ2n) is 4.70. The maximum Gasteiger partial charge on any atom is 0.143 e. The second kappa shape index (κ2) is 5.93. The van der Waals surface area contributed by atoms with Crippen LogP contribution < -0.4 is 5.32 Å². The molecule has 106 valence electrons. The fraction of sp³-hybridized carbons (Fsp3) is 0.133. The molecule has 0 saturated carbocycles. The molecule has 1 heterocycles. The number of halogens is 1. The van der Waals surface area contributed by atoms with Gasteiger partial charge in [-0.2, -0.15) is 0 Å². The highest BCUT2D eigenvalue weighted by Gasteiger charge is 2.05. The molecule has 1 N–H and O–H groups in total. The van der Waals surface area contributed by atoms with Crippen molar-refractivity contribution in [2.75, 3.05) is 5.32 Å². The van der Waals surface area contributed by atoms with Gasteiger partial charge in [-0.15, -0.1) is 5.10 Å². The van der Waals surface area contributed by atoms with Gasteiger partial charge in [-0.3, -0.25) is 0 Å². The lowest BCUT2D eigenvalue weighted by Crippen LogP contribution is -2.03. The molecule has 0 aliphatic heterocycles. The van der Waals surface area contributed by atoms with Gasteiger partial charge < -0.3 is 5.32 Å². The summed E-state index contributed by atoms with van der Waals surface area (Å²) in [6.45, 7) is 2.69. The number of aryl methyl sites for hydroxylation is 1. The van der Waals surface area contributed by atoms with Crippen molar-refractivity contribution in [3.63, 3.8) is 0 Å². The van der Waals surface area contributed by atoms with Gasteiger partial charge in [0.2, 0.25) is 0 Å². The topological polar surface area (TPSA) is 55.6 Å². The van der Waals surface area contributed by atoms with Gasteiger partial charge in [0.25, 0.3) is 0 Å². The first-order chi connectivity index (χ1) is 10.2. The molecule has 0 radical (unpaired) electrons. The molecule has 2 aromatic carbocycles. The monoisotopic (exact) mass is 299 g/mol. The molecule has 0 saturated heterocycles. The van der Waals surface area contributed by atoms with Crippen LogP contribution in [-0.2, 0) is 6.54 Å². The zero-order valence-corrected chi connectivity index (χ0v) is 12.2. The van der Waals surface area contributed by atoms with E-state index in [1.165, 1.54) is 0 Å². The van der Waals surface area contributed by atoms with Gasteiger partial charge in [0, 0.05) is 17.3 Å². The van der Waals surface area contributed by atoms with E-state index in [0.29, 0.717) is 6.54 Å². The molecular formula is C15H14ClN5. The maximum absolute atomic E-state index is 6.16. The zero-order chi connectivity index (χ0) is 14.7. The minimum Gasteiger partial charge on any atom is -0.381 e. The molecule has 3 aromatic rings. The largest absolute Gasteiger partial charge is 0.381 e. The van der Waals surface area contributed by atoms with Crippen LogP contribution in [0.5, 0.6) is 0 Å². The van der Waals surface area contributed by atoms with Crippen molar-refractivity contribution in [1.29, 1.82) is 0 Å². The number of tetrazole rings is 1. The van der Waals surface area contributed by atoms with Crippen LogP contribution in [0.3, 0.4) is 0 Å². The Balaban J connectivity index is 1.81. The standard InChI is InChI=1S/C15H14ClN5/c1-11-6-7-13(8-15(11)21-10-18-19-20-21)17-9-12-4-2-3-5-14(12)16/h2-8,10,17H,9H2,1H3. The third kappa shape index (κ3) is 3.03. The highest BCUT2D eigenvalue weighted by atomic mass is 35.5. The van der Waals surface area contributed by atoms with Crippen LogP contribution in [0.4, 0.5) is 5.69 Å². The first kappa shape index (κ1) is 13.6. The SMILES string of the molecule is Cc1ccc(NCc2ccccc2Cl)cc1-n1cnnn1. The Bertz CT molecular complexity index is 740. The molecule has 0 bridgehead atoms. The van der Waals surface area contributed by atoms with Crippen molar-refractivity contribution in [3.8, 4) is 5.69 Å². The number of anilines is 1. The van der Waals surface area contributed by atoms with Gasteiger partial charge >= 0.3 is 0 Å². The van der Waals surface area contributed by atoms with Crippen molar-refractivity contribution >= 4 is 17.3 Å². The Morgan fingerprint density at radius 3 is 2.81 bits per heavy atom. The Morgan fingerprint density at radius 1 is 1.19 bits per heavy atom. The van der Waals surface area contributed by atoms with Gasteiger partial charge in [-0.1, -0.05) is 35.9 Å². The van der Waals surface area contributed by atoms with E-state index in [1.54, 1.807) is 11.0 Å². The number of aromatic nitrogens is 4. The molecule has 5 nitrogen and oxygen atoms in total. The zero-order valence-electron chi connectivity index (χ0n) is 11.5. The summed E-state index contributed by atoms with van der Waals surface area (Å²) in [7, 11) is 0. The lowest BCUT2D eigenvalue weighted by Gasteiger charge is -2.11. The summed E-state index contributed by atoms with van der Waals surface area (Å²) in [5.41, 5.74) is 4.10. The first-order valence-corrected chi connectivity index (χ1v) is 6.93. The smallest absolute Gasteiger partial charge is 0.143 e. The summed E-state index contributed by atoms with van der Waals surface area (Å²) in [5, 5.41) is 15.4. The van der Waals surface area contributed by atoms with Gasteiger partial charge in [0.15, 0.2) is 0 Å². The van der Waals surface area contributed by atoms with Crippen LogP contribution in [0, 0.1) is 6.92 Å². The van der Waals surface area contributed by atoms with E-state index in [1.807, 2.05) is 49.4 Å². The normalized spacial score (nSPS) is 10.6. The Morgan fingerprint density at radius 2 is 2.05 bits per heavy atom. The number of benzene rings is 2. The lowest BCUT2D eigenvalue weighted by atomic mass is 10.1. The van der Waals surface area contributed by atoms with Crippen LogP contribution in [0.2, 0.25) is 5.02 Å². The Kier molecular flexibility index (Phi) is 3.83. The number of rotatable bonds is 4. The van der Waals surface area contributed by atoms with E-state index in [-0.39, 0.29) is 0 Å². The highest BCUT2D eigenvalue weighted by Crippen LogP contribution is 2.20. The molecular weight excluding hydrogens is 286 g/mol. The predicted octanol–water partition coefficient (Wildman–Crippen LogP) is 3.24. The molecule has 6 heteroatoms. The minimum absolute atomic E-state index is 0.664. The molecule has 0 unspecified atom stereocenters. The highest BCUT2D eigenvalue weighted by molar-refractivity contribution is 6.31. The molecule has 3 rings (SSSR count). The van der Waals surface area contributed by atoms with Crippen molar-refractivity contribution in [1.82, 2.24) is 20.2 Å². The van der Waals surface area contributed by atoms with Crippen LogP contribution in [0.1, 0.15) is 11.1 Å². The van der Waals surface area contributed by atoms with Crippen molar-refractivity contribution < 1.29 is 0 Å². The fourth-order valence-corrected chi connectivity index (χ4v) is 2.28. The predicted molar refractivity (Wildman–Crippen MR) is 82.7 cm³/mol. The summed E-state index contributed by atoms with van der Waals surface area (Å²) >= 11 is 6.16. The third-order valence-corrected chi connectivity index (χ3v) is 3.61. The van der Waals surface area contributed by atoms with Crippen LogP contribution in [0.25, 0.3) is 5.69 Å². The molecule has 0 atom stereocenters. The van der Waals surface area contributed by atoms with E-state index in [4.69, 9.17) is 11.6 Å².